The van der Waals surface area contributed by atoms with Crippen LogP contribution >= 0.6 is 23.2 Å². The molecule has 2 heterocycles. The molecule has 0 aliphatic carbocycles. The fourth-order valence-corrected chi connectivity index (χ4v) is 3.70. The summed E-state index contributed by atoms with van der Waals surface area (Å²) in [6, 6.07) is 15.9. The highest BCUT2D eigenvalue weighted by atomic mass is 35.5. The highest BCUT2D eigenvalue weighted by Crippen LogP contribution is 2.29. The molecule has 2 amide bonds. The van der Waals surface area contributed by atoms with E-state index in [-0.39, 0.29) is 12.1 Å². The number of halogens is 2. The van der Waals surface area contributed by atoms with Crippen molar-refractivity contribution in [3.05, 3.63) is 71.0 Å². The van der Waals surface area contributed by atoms with Crippen molar-refractivity contribution in [1.82, 2.24) is 14.9 Å². The van der Waals surface area contributed by atoms with Gasteiger partial charge in [0.1, 0.15) is 17.9 Å². The lowest BCUT2D eigenvalue weighted by molar-refractivity contribution is 0.184. The third-order valence-corrected chi connectivity index (χ3v) is 5.55. The van der Waals surface area contributed by atoms with Gasteiger partial charge in [-0.1, -0.05) is 35.3 Å². The van der Waals surface area contributed by atoms with E-state index in [1.807, 2.05) is 24.0 Å². The number of urea groups is 1. The maximum Gasteiger partial charge on any atom is 0.322 e. The fraction of sp³-hybridized carbons (Fsp3) is 0.227. The van der Waals surface area contributed by atoms with Gasteiger partial charge in [0, 0.05) is 42.5 Å². The summed E-state index contributed by atoms with van der Waals surface area (Å²) in [5.74, 6) is 1.68. The molecule has 7 nitrogen and oxygen atoms in total. The van der Waals surface area contributed by atoms with Crippen molar-refractivity contribution < 1.29 is 9.53 Å². The SMILES string of the molecule is CC1CN(c2cc(Oc3ccccc3Cl)ncn2)CCN1C(=O)Nc1ccc(Cl)cc1. The minimum atomic E-state index is -0.139. The van der Waals surface area contributed by atoms with Crippen molar-refractivity contribution in [1.29, 1.82) is 0 Å². The smallest absolute Gasteiger partial charge is 0.322 e. The Morgan fingerprint density at radius 3 is 2.61 bits per heavy atom. The maximum absolute atomic E-state index is 12.7. The molecule has 2 aromatic carbocycles. The molecule has 1 saturated heterocycles. The zero-order chi connectivity index (χ0) is 21.8. The van der Waals surface area contributed by atoms with Crippen LogP contribution in [0, 0.1) is 0 Å². The van der Waals surface area contributed by atoms with E-state index in [1.165, 1.54) is 6.33 Å². The molecule has 0 bridgehead atoms. The molecule has 0 radical (unpaired) electrons. The first-order valence-corrected chi connectivity index (χ1v) is 10.6. The van der Waals surface area contributed by atoms with Crippen LogP contribution in [0.3, 0.4) is 0 Å². The second-order valence-electron chi connectivity index (χ2n) is 7.17. The van der Waals surface area contributed by atoms with E-state index >= 15 is 0 Å². The molecule has 1 fully saturated rings. The lowest BCUT2D eigenvalue weighted by atomic mass is 10.2. The Labute approximate surface area is 190 Å². The van der Waals surface area contributed by atoms with E-state index in [9.17, 15) is 4.79 Å². The minimum Gasteiger partial charge on any atom is -0.437 e. The largest absolute Gasteiger partial charge is 0.437 e. The summed E-state index contributed by atoms with van der Waals surface area (Å²) in [6.07, 6.45) is 1.46. The van der Waals surface area contributed by atoms with Crippen LogP contribution in [0.15, 0.2) is 60.9 Å². The van der Waals surface area contributed by atoms with Gasteiger partial charge >= 0.3 is 6.03 Å². The van der Waals surface area contributed by atoms with Crippen LogP contribution in [-0.2, 0) is 0 Å². The molecule has 1 N–H and O–H groups in total. The normalized spacial score (nSPS) is 16.2. The van der Waals surface area contributed by atoms with Gasteiger partial charge in [-0.25, -0.2) is 14.8 Å². The Kier molecular flexibility index (Phi) is 6.44. The molecule has 4 rings (SSSR count). The minimum absolute atomic E-state index is 0.0102. The van der Waals surface area contributed by atoms with Crippen LogP contribution in [0.4, 0.5) is 16.3 Å². The van der Waals surface area contributed by atoms with Gasteiger partial charge in [0.05, 0.1) is 5.02 Å². The van der Waals surface area contributed by atoms with E-state index < -0.39 is 0 Å². The van der Waals surface area contributed by atoms with Gasteiger partial charge in [-0.2, -0.15) is 0 Å². The monoisotopic (exact) mass is 457 g/mol. The van der Waals surface area contributed by atoms with Crippen LogP contribution in [0.2, 0.25) is 10.0 Å². The number of nitrogens with zero attached hydrogens (tertiary/aromatic N) is 4. The molecular formula is C22H21Cl2N5O2. The highest BCUT2D eigenvalue weighted by molar-refractivity contribution is 6.32. The van der Waals surface area contributed by atoms with Gasteiger partial charge in [0.2, 0.25) is 5.88 Å². The van der Waals surface area contributed by atoms with Crippen molar-refractivity contribution in [3.63, 3.8) is 0 Å². The number of anilines is 2. The van der Waals surface area contributed by atoms with E-state index in [2.05, 4.69) is 20.2 Å². The molecule has 160 valence electrons. The van der Waals surface area contributed by atoms with Gasteiger partial charge in [-0.3, -0.25) is 0 Å². The summed E-state index contributed by atoms with van der Waals surface area (Å²) < 4.78 is 5.81. The van der Waals surface area contributed by atoms with E-state index in [0.29, 0.717) is 47.0 Å². The van der Waals surface area contributed by atoms with Gasteiger partial charge in [0.15, 0.2) is 0 Å². The van der Waals surface area contributed by atoms with Gasteiger partial charge in [0.25, 0.3) is 0 Å². The molecule has 1 aromatic heterocycles. The number of aromatic nitrogens is 2. The third-order valence-electron chi connectivity index (χ3n) is 4.99. The molecule has 1 aliphatic rings. The summed E-state index contributed by atoms with van der Waals surface area (Å²) in [5.41, 5.74) is 0.709. The maximum atomic E-state index is 12.7. The Bertz CT molecular complexity index is 1060. The topological polar surface area (TPSA) is 70.6 Å². The summed E-state index contributed by atoms with van der Waals surface area (Å²) in [7, 11) is 0. The van der Waals surface area contributed by atoms with Crippen molar-refractivity contribution in [3.8, 4) is 11.6 Å². The number of carbonyl (C=O) groups is 1. The van der Waals surface area contributed by atoms with E-state index in [4.69, 9.17) is 27.9 Å². The van der Waals surface area contributed by atoms with Gasteiger partial charge in [-0.15, -0.1) is 0 Å². The number of piperazine rings is 1. The van der Waals surface area contributed by atoms with Crippen molar-refractivity contribution >= 4 is 40.7 Å². The Balaban J connectivity index is 1.40. The zero-order valence-corrected chi connectivity index (χ0v) is 18.3. The number of ether oxygens (including phenoxy) is 1. The number of benzene rings is 2. The predicted octanol–water partition coefficient (Wildman–Crippen LogP) is 5.32. The number of nitrogens with one attached hydrogen (secondary N) is 1. The number of carbonyl (C=O) groups excluding carboxylic acids is 1. The number of amides is 2. The molecule has 0 saturated carbocycles. The molecule has 1 unspecified atom stereocenters. The first-order valence-electron chi connectivity index (χ1n) is 9.82. The molecule has 3 aromatic rings. The average molecular weight is 458 g/mol. The highest BCUT2D eigenvalue weighted by Gasteiger charge is 2.28. The lowest BCUT2D eigenvalue weighted by Gasteiger charge is -2.40. The summed E-state index contributed by atoms with van der Waals surface area (Å²) in [6.45, 7) is 3.85. The predicted molar refractivity (Wildman–Crippen MR) is 122 cm³/mol. The molecule has 9 heteroatoms. The summed E-state index contributed by atoms with van der Waals surface area (Å²) in [4.78, 5) is 25.2. The quantitative estimate of drug-likeness (QED) is 0.573. The van der Waals surface area contributed by atoms with E-state index in [0.717, 1.165) is 5.82 Å². The Hall–Kier alpha value is -3.03. The number of rotatable bonds is 4. The molecular weight excluding hydrogens is 437 g/mol. The lowest BCUT2D eigenvalue weighted by Crippen LogP contribution is -2.55. The Morgan fingerprint density at radius 1 is 1.10 bits per heavy atom. The molecule has 1 atom stereocenters. The second-order valence-corrected chi connectivity index (χ2v) is 8.02. The van der Waals surface area contributed by atoms with Crippen LogP contribution in [0.1, 0.15) is 6.92 Å². The fourth-order valence-electron chi connectivity index (χ4n) is 3.39. The van der Waals surface area contributed by atoms with Crippen molar-refractivity contribution in [2.75, 3.05) is 29.9 Å². The Morgan fingerprint density at radius 2 is 1.87 bits per heavy atom. The first kappa shape index (κ1) is 21.2. The zero-order valence-electron chi connectivity index (χ0n) is 16.8. The number of hydrogen-bond acceptors (Lipinski definition) is 5. The molecule has 1 aliphatic heterocycles. The number of hydrogen-bond donors (Lipinski definition) is 1. The van der Waals surface area contributed by atoms with Crippen LogP contribution in [-0.4, -0.2) is 46.6 Å². The van der Waals surface area contributed by atoms with Crippen LogP contribution < -0.4 is 15.0 Å². The number of para-hydroxylation sites is 1. The standard InChI is InChI=1S/C22H21Cl2N5O2/c1-15-13-28(10-11-29(15)22(30)27-17-8-6-16(23)7-9-17)20-12-21(26-14-25-20)31-19-5-3-2-4-18(19)24/h2-9,12,14-15H,10-11,13H2,1H3,(H,27,30). The second kappa shape index (κ2) is 9.41. The van der Waals surface area contributed by atoms with Crippen LogP contribution in [0.5, 0.6) is 11.6 Å². The van der Waals surface area contributed by atoms with Crippen LogP contribution in [0.25, 0.3) is 0 Å². The average Bonchev–Trinajstić information content (AvgIpc) is 2.77. The molecule has 0 spiro atoms. The van der Waals surface area contributed by atoms with Gasteiger partial charge < -0.3 is 19.9 Å². The van der Waals surface area contributed by atoms with Crippen molar-refractivity contribution in [2.24, 2.45) is 0 Å². The van der Waals surface area contributed by atoms with Gasteiger partial charge in [-0.05, 0) is 43.3 Å². The molecule has 31 heavy (non-hydrogen) atoms. The first-order chi connectivity index (χ1) is 15.0. The van der Waals surface area contributed by atoms with E-state index in [1.54, 1.807) is 42.5 Å². The summed E-state index contributed by atoms with van der Waals surface area (Å²) in [5, 5.41) is 4.06. The third kappa shape index (κ3) is 5.18. The summed E-state index contributed by atoms with van der Waals surface area (Å²) >= 11 is 12.1. The van der Waals surface area contributed by atoms with Crippen molar-refractivity contribution in [2.45, 2.75) is 13.0 Å².